The van der Waals surface area contributed by atoms with Crippen LogP contribution in [-0.4, -0.2) is 28.1 Å². The first kappa shape index (κ1) is 14.3. The number of aliphatic hydroxyl groups is 1. The van der Waals surface area contributed by atoms with Crippen molar-refractivity contribution < 1.29 is 19.8 Å². The average molecular weight is 224 g/mol. The number of hydrogen-bond acceptors (Lipinski definition) is 3. The van der Waals surface area contributed by atoms with Gasteiger partial charge in [0.2, 0.25) is 0 Å². The Hall–Kier alpha value is -1.68. The number of rotatable bonds is 3. The Labute approximate surface area is 94.5 Å². The second-order valence-corrected chi connectivity index (χ2v) is 3.45. The minimum absolute atomic E-state index is 0.163. The topological polar surface area (TPSA) is 74.6 Å². The zero-order chi connectivity index (χ0) is 12.6. The highest BCUT2D eigenvalue weighted by Gasteiger charge is 2.12. The lowest BCUT2D eigenvalue weighted by atomic mass is 10.1. The first-order valence-corrected chi connectivity index (χ1v) is 4.85. The van der Waals surface area contributed by atoms with Crippen molar-refractivity contribution >= 4 is 11.8 Å². The van der Waals surface area contributed by atoms with Gasteiger partial charge in [-0.2, -0.15) is 0 Å². The molecule has 0 heterocycles. The number of carboxylic acids is 1. The maximum absolute atomic E-state index is 10.3. The number of aliphatic carboxylic acids is 1. The molecule has 1 aromatic carbocycles. The molecule has 1 rings (SSSR count). The van der Waals surface area contributed by atoms with Crippen molar-refractivity contribution in [3.63, 3.8) is 0 Å². The van der Waals surface area contributed by atoms with E-state index in [1.165, 1.54) is 13.8 Å². The lowest BCUT2D eigenvalue weighted by Crippen LogP contribution is -2.21. The lowest BCUT2D eigenvalue weighted by molar-refractivity contribution is -0.146. The van der Waals surface area contributed by atoms with Crippen molar-refractivity contribution in [2.24, 2.45) is 0 Å². The Balaban J connectivity index is 0.000000487. The molecule has 0 spiro atoms. The maximum atomic E-state index is 10.3. The van der Waals surface area contributed by atoms with Crippen LogP contribution in [0.1, 0.15) is 19.4 Å². The second kappa shape index (κ2) is 7.59. The minimum Gasteiger partial charge on any atom is -0.479 e. The Morgan fingerprint density at radius 1 is 1.19 bits per heavy atom. The molecule has 0 bridgehead atoms. The fourth-order valence-corrected chi connectivity index (χ4v) is 0.925. The van der Waals surface area contributed by atoms with Gasteiger partial charge in [-0.25, -0.2) is 4.79 Å². The number of benzene rings is 1. The monoisotopic (exact) mass is 224 g/mol. The smallest absolute Gasteiger partial charge is 0.332 e. The van der Waals surface area contributed by atoms with Crippen molar-refractivity contribution in [1.29, 1.82) is 0 Å². The summed E-state index contributed by atoms with van der Waals surface area (Å²) >= 11 is 0. The van der Waals surface area contributed by atoms with Gasteiger partial charge in [-0.3, -0.25) is 0 Å². The van der Waals surface area contributed by atoms with E-state index in [0.717, 1.165) is 5.56 Å². The molecule has 0 aromatic heterocycles. The first-order valence-electron chi connectivity index (χ1n) is 4.85. The number of hydrogen-bond donors (Lipinski definition) is 2. The van der Waals surface area contributed by atoms with Gasteiger partial charge in [0.05, 0.1) is 0 Å². The van der Waals surface area contributed by atoms with Crippen LogP contribution >= 0.6 is 0 Å². The molecule has 1 unspecified atom stereocenters. The van der Waals surface area contributed by atoms with Crippen molar-refractivity contribution in [2.45, 2.75) is 26.4 Å². The van der Waals surface area contributed by atoms with Crippen molar-refractivity contribution in [3.8, 4) is 0 Å². The molecule has 0 fully saturated rings. The van der Waals surface area contributed by atoms with Gasteiger partial charge in [0.15, 0.2) is 6.10 Å². The van der Waals surface area contributed by atoms with E-state index >= 15 is 0 Å². The normalized spacial score (nSPS) is 10.9. The summed E-state index contributed by atoms with van der Waals surface area (Å²) in [6, 6.07) is 9.03. The summed E-state index contributed by atoms with van der Waals surface area (Å²) in [5.74, 6) is -1.01. The first-order chi connectivity index (χ1) is 7.43. The molecule has 1 atom stereocenters. The van der Waals surface area contributed by atoms with Crippen LogP contribution in [0.3, 0.4) is 0 Å². The Morgan fingerprint density at radius 3 is 2.00 bits per heavy atom. The average Bonchev–Trinajstić information content (AvgIpc) is 2.18. The highest BCUT2D eigenvalue weighted by Crippen LogP contribution is 2.02. The van der Waals surface area contributed by atoms with E-state index in [4.69, 9.17) is 10.2 Å². The van der Waals surface area contributed by atoms with E-state index in [-0.39, 0.29) is 12.2 Å². The maximum Gasteiger partial charge on any atom is 0.332 e. The fourth-order valence-electron chi connectivity index (χ4n) is 0.925. The quantitative estimate of drug-likeness (QED) is 0.810. The summed E-state index contributed by atoms with van der Waals surface area (Å²) in [7, 11) is 0. The van der Waals surface area contributed by atoms with Crippen LogP contribution in [0.2, 0.25) is 0 Å². The van der Waals surface area contributed by atoms with Crippen LogP contribution in [-0.2, 0) is 16.0 Å². The zero-order valence-corrected chi connectivity index (χ0v) is 9.38. The number of ketones is 1. The molecule has 4 nitrogen and oxygen atoms in total. The highest BCUT2D eigenvalue weighted by atomic mass is 16.4. The number of carbonyl (C=O) groups excluding carboxylic acids is 1. The third-order valence-electron chi connectivity index (χ3n) is 1.56. The molecule has 0 aliphatic rings. The Bertz CT molecular complexity index is 328. The minimum atomic E-state index is -1.30. The fraction of sp³-hybridized carbons (Fsp3) is 0.333. The molecule has 0 aliphatic heterocycles. The van der Waals surface area contributed by atoms with Crippen molar-refractivity contribution in [1.82, 2.24) is 0 Å². The van der Waals surface area contributed by atoms with E-state index in [0.29, 0.717) is 0 Å². The number of carbonyl (C=O) groups is 2. The molecule has 16 heavy (non-hydrogen) atoms. The summed E-state index contributed by atoms with van der Waals surface area (Å²) < 4.78 is 0. The summed E-state index contributed by atoms with van der Waals surface area (Å²) in [5.41, 5.74) is 0.826. The van der Waals surface area contributed by atoms with Gasteiger partial charge in [-0.05, 0) is 19.4 Å². The molecule has 0 radical (unpaired) electrons. The number of Topliss-reactive ketones (excluding diaryl/α,β-unsaturated/α-hetero) is 1. The second-order valence-electron chi connectivity index (χ2n) is 3.45. The number of aliphatic hydroxyl groups excluding tert-OH is 1. The molecule has 0 saturated heterocycles. The van der Waals surface area contributed by atoms with Gasteiger partial charge >= 0.3 is 5.97 Å². The molecule has 0 aliphatic carbocycles. The van der Waals surface area contributed by atoms with Gasteiger partial charge < -0.3 is 15.0 Å². The van der Waals surface area contributed by atoms with Gasteiger partial charge in [-0.1, -0.05) is 30.3 Å². The predicted octanol–water partition coefficient (Wildman–Crippen LogP) is 1.27. The van der Waals surface area contributed by atoms with Crippen LogP contribution in [0, 0.1) is 0 Å². The van der Waals surface area contributed by atoms with Crippen molar-refractivity contribution in [2.75, 3.05) is 0 Å². The third kappa shape index (κ3) is 7.70. The third-order valence-corrected chi connectivity index (χ3v) is 1.56. The summed E-state index contributed by atoms with van der Waals surface area (Å²) in [6.07, 6.45) is -1.14. The summed E-state index contributed by atoms with van der Waals surface area (Å²) in [4.78, 5) is 19.7. The standard InChI is InChI=1S/C9H10O3.C3H6O/c10-8(9(11)12)6-7-4-2-1-3-5-7;1-3(2)4/h1-5,8,10H,6H2,(H,11,12);1-2H3. The molecule has 4 heteroatoms. The summed E-state index contributed by atoms with van der Waals surface area (Å²) in [5, 5.41) is 17.4. The van der Waals surface area contributed by atoms with E-state index < -0.39 is 12.1 Å². The van der Waals surface area contributed by atoms with Gasteiger partial charge in [0.1, 0.15) is 5.78 Å². The van der Waals surface area contributed by atoms with Gasteiger partial charge in [0.25, 0.3) is 0 Å². The highest BCUT2D eigenvalue weighted by molar-refractivity contribution is 5.72. The van der Waals surface area contributed by atoms with E-state index in [2.05, 4.69) is 0 Å². The molecule has 1 aromatic rings. The van der Waals surface area contributed by atoms with E-state index in [1.54, 1.807) is 12.1 Å². The van der Waals surface area contributed by atoms with Crippen LogP contribution in [0.25, 0.3) is 0 Å². The van der Waals surface area contributed by atoms with Crippen LogP contribution in [0.5, 0.6) is 0 Å². The number of carboxylic acid groups (broad SMARTS) is 1. The van der Waals surface area contributed by atoms with Crippen LogP contribution < -0.4 is 0 Å². The van der Waals surface area contributed by atoms with Crippen molar-refractivity contribution in [3.05, 3.63) is 35.9 Å². The van der Waals surface area contributed by atoms with Gasteiger partial charge in [-0.15, -0.1) is 0 Å². The zero-order valence-electron chi connectivity index (χ0n) is 9.38. The molecule has 0 saturated carbocycles. The molecule has 0 amide bonds. The lowest BCUT2D eigenvalue weighted by Gasteiger charge is -2.03. The SMILES string of the molecule is CC(C)=O.O=C(O)C(O)Cc1ccccc1. The Morgan fingerprint density at radius 2 is 1.62 bits per heavy atom. The van der Waals surface area contributed by atoms with E-state index in [1.807, 2.05) is 18.2 Å². The predicted molar refractivity (Wildman–Crippen MR) is 60.1 cm³/mol. The molecule has 2 N–H and O–H groups in total. The largest absolute Gasteiger partial charge is 0.479 e. The molecular weight excluding hydrogens is 208 g/mol. The summed E-state index contributed by atoms with van der Waals surface area (Å²) in [6.45, 7) is 3.06. The Kier molecular flexibility index (Phi) is 6.79. The van der Waals surface area contributed by atoms with Crippen LogP contribution in [0.4, 0.5) is 0 Å². The van der Waals surface area contributed by atoms with E-state index in [9.17, 15) is 9.59 Å². The molecule has 88 valence electrons. The van der Waals surface area contributed by atoms with Crippen LogP contribution in [0.15, 0.2) is 30.3 Å². The molecular formula is C12H16O4. The van der Waals surface area contributed by atoms with Gasteiger partial charge in [0, 0.05) is 6.42 Å².